The third-order valence-electron chi connectivity index (χ3n) is 3.53. The van der Waals surface area contributed by atoms with Crippen LogP contribution in [0.4, 0.5) is 5.69 Å². The van der Waals surface area contributed by atoms with Gasteiger partial charge in [0.1, 0.15) is 5.70 Å². The summed E-state index contributed by atoms with van der Waals surface area (Å²) in [5, 5.41) is 4.95. The molecule has 0 saturated heterocycles. The first-order chi connectivity index (χ1) is 13.3. The number of hydrogen-bond acceptors (Lipinski definition) is 5. The second-order valence-electron chi connectivity index (χ2n) is 5.91. The number of benzene rings is 2. The molecule has 0 aromatic heterocycles. The minimum Gasteiger partial charge on any atom is -0.451 e. The highest BCUT2D eigenvalue weighted by Gasteiger charge is 2.15. The molecule has 0 saturated carbocycles. The zero-order chi connectivity index (χ0) is 20.5. The number of nitrogens with one attached hydrogen (secondary N) is 2. The average Bonchev–Trinajstić information content (AvgIpc) is 2.66. The molecule has 7 nitrogen and oxygen atoms in total. The number of carbonyl (C=O) groups is 4. The van der Waals surface area contributed by atoms with E-state index in [2.05, 4.69) is 10.6 Å². The third kappa shape index (κ3) is 6.53. The van der Waals surface area contributed by atoms with Gasteiger partial charge < -0.3 is 15.4 Å². The predicted octanol–water partition coefficient (Wildman–Crippen LogP) is 2.55. The molecule has 7 heteroatoms. The van der Waals surface area contributed by atoms with Crippen LogP contribution in [0.1, 0.15) is 29.8 Å². The Bertz CT molecular complexity index is 919. The number of esters is 1. The van der Waals surface area contributed by atoms with Crippen LogP contribution in [0.5, 0.6) is 0 Å². The van der Waals surface area contributed by atoms with Gasteiger partial charge in [-0.1, -0.05) is 42.5 Å². The van der Waals surface area contributed by atoms with E-state index in [-0.39, 0.29) is 11.5 Å². The fraction of sp³-hybridized carbons (Fsp3) is 0.143. The molecule has 2 amide bonds. The van der Waals surface area contributed by atoms with Gasteiger partial charge in [0, 0.05) is 18.2 Å². The van der Waals surface area contributed by atoms with Crippen LogP contribution < -0.4 is 10.6 Å². The minimum atomic E-state index is -0.841. The molecular weight excluding hydrogens is 360 g/mol. The molecule has 2 aromatic rings. The number of ether oxygens (including phenoxy) is 1. The van der Waals surface area contributed by atoms with Gasteiger partial charge in [0.15, 0.2) is 12.4 Å². The van der Waals surface area contributed by atoms with Crippen molar-refractivity contribution in [3.8, 4) is 0 Å². The number of ketones is 1. The highest BCUT2D eigenvalue weighted by molar-refractivity contribution is 6.00. The maximum atomic E-state index is 12.3. The fourth-order valence-corrected chi connectivity index (χ4v) is 2.27. The van der Waals surface area contributed by atoms with Gasteiger partial charge in [-0.15, -0.1) is 0 Å². The quantitative estimate of drug-likeness (QED) is 0.437. The summed E-state index contributed by atoms with van der Waals surface area (Å²) in [5.74, 6) is -1.99. The molecule has 2 rings (SSSR count). The van der Waals surface area contributed by atoms with E-state index >= 15 is 0 Å². The van der Waals surface area contributed by atoms with Crippen LogP contribution in [0, 0.1) is 0 Å². The number of hydrogen-bond donors (Lipinski definition) is 2. The Morgan fingerprint density at radius 3 is 2.32 bits per heavy atom. The Morgan fingerprint density at radius 2 is 1.68 bits per heavy atom. The number of amides is 2. The number of rotatable bonds is 7. The van der Waals surface area contributed by atoms with Gasteiger partial charge in [0.2, 0.25) is 5.91 Å². The van der Waals surface area contributed by atoms with Crippen molar-refractivity contribution in [2.75, 3.05) is 11.9 Å². The summed E-state index contributed by atoms with van der Waals surface area (Å²) >= 11 is 0. The van der Waals surface area contributed by atoms with Gasteiger partial charge in [0.05, 0.1) is 0 Å². The zero-order valence-corrected chi connectivity index (χ0v) is 15.5. The average molecular weight is 380 g/mol. The molecule has 0 atom stereocenters. The van der Waals surface area contributed by atoms with E-state index in [0.29, 0.717) is 16.8 Å². The largest absolute Gasteiger partial charge is 0.451 e. The summed E-state index contributed by atoms with van der Waals surface area (Å²) in [6, 6.07) is 15.3. The first kappa shape index (κ1) is 20.6. The molecule has 0 fully saturated rings. The van der Waals surface area contributed by atoms with E-state index in [1.807, 2.05) is 6.07 Å². The van der Waals surface area contributed by atoms with Gasteiger partial charge in [0.25, 0.3) is 5.91 Å². The van der Waals surface area contributed by atoms with E-state index in [1.54, 1.807) is 42.5 Å². The molecule has 0 aliphatic heterocycles. The molecule has 0 aliphatic carbocycles. The molecule has 0 unspecified atom stereocenters. The molecule has 0 bridgehead atoms. The number of carbonyl (C=O) groups excluding carboxylic acids is 4. The van der Waals surface area contributed by atoms with Crippen LogP contribution in [-0.4, -0.2) is 30.2 Å². The fourth-order valence-electron chi connectivity index (χ4n) is 2.27. The van der Waals surface area contributed by atoms with Crippen molar-refractivity contribution < 1.29 is 23.9 Å². The van der Waals surface area contributed by atoms with Crippen LogP contribution in [0.25, 0.3) is 6.08 Å². The number of anilines is 1. The van der Waals surface area contributed by atoms with Crippen molar-refractivity contribution in [2.45, 2.75) is 13.8 Å². The van der Waals surface area contributed by atoms with Gasteiger partial charge in [-0.3, -0.25) is 14.4 Å². The minimum absolute atomic E-state index is 0.0786. The lowest BCUT2D eigenvalue weighted by molar-refractivity contribution is -0.144. The van der Waals surface area contributed by atoms with Crippen molar-refractivity contribution in [3.05, 3.63) is 71.4 Å². The SMILES string of the molecule is CC(=O)N/C(=C/c1ccccc1)C(=O)OCC(=O)Nc1cccc(C(C)=O)c1. The van der Waals surface area contributed by atoms with Crippen LogP contribution in [0.3, 0.4) is 0 Å². The second kappa shape index (κ2) is 9.82. The molecule has 0 heterocycles. The molecule has 0 spiro atoms. The summed E-state index contributed by atoms with van der Waals surface area (Å²) in [6.07, 6.45) is 1.46. The van der Waals surface area contributed by atoms with E-state index in [9.17, 15) is 19.2 Å². The lowest BCUT2D eigenvalue weighted by atomic mass is 10.1. The first-order valence-electron chi connectivity index (χ1n) is 8.47. The Labute approximate surface area is 162 Å². The van der Waals surface area contributed by atoms with Gasteiger partial charge >= 0.3 is 5.97 Å². The van der Waals surface area contributed by atoms with Crippen molar-refractivity contribution in [1.29, 1.82) is 0 Å². The van der Waals surface area contributed by atoms with Crippen molar-refractivity contribution >= 4 is 35.3 Å². The highest BCUT2D eigenvalue weighted by atomic mass is 16.5. The van der Waals surface area contributed by atoms with E-state index in [1.165, 1.54) is 26.0 Å². The van der Waals surface area contributed by atoms with Gasteiger partial charge in [-0.2, -0.15) is 0 Å². The molecule has 2 N–H and O–H groups in total. The lowest BCUT2D eigenvalue weighted by Gasteiger charge is -2.10. The second-order valence-corrected chi connectivity index (χ2v) is 5.91. The van der Waals surface area contributed by atoms with Crippen molar-refractivity contribution in [1.82, 2.24) is 5.32 Å². The molecule has 2 aromatic carbocycles. The van der Waals surface area contributed by atoms with Crippen LogP contribution in [0.15, 0.2) is 60.3 Å². The van der Waals surface area contributed by atoms with Crippen LogP contribution in [-0.2, 0) is 19.1 Å². The summed E-state index contributed by atoms with van der Waals surface area (Å²) in [7, 11) is 0. The van der Waals surface area contributed by atoms with Crippen molar-refractivity contribution in [2.24, 2.45) is 0 Å². The summed E-state index contributed by atoms with van der Waals surface area (Å²) in [5.41, 5.74) is 1.47. The maximum absolute atomic E-state index is 12.3. The smallest absolute Gasteiger partial charge is 0.355 e. The van der Waals surface area contributed by atoms with Crippen LogP contribution >= 0.6 is 0 Å². The molecule has 0 radical (unpaired) electrons. The van der Waals surface area contributed by atoms with E-state index in [0.717, 1.165) is 0 Å². The Kier molecular flexibility index (Phi) is 7.21. The Hall–Kier alpha value is -3.74. The summed E-state index contributed by atoms with van der Waals surface area (Å²) in [6.45, 7) is 2.14. The summed E-state index contributed by atoms with van der Waals surface area (Å²) in [4.78, 5) is 47.0. The van der Waals surface area contributed by atoms with Gasteiger partial charge in [-0.05, 0) is 30.7 Å². The normalized spacial score (nSPS) is 10.7. The molecule has 144 valence electrons. The highest BCUT2D eigenvalue weighted by Crippen LogP contribution is 2.11. The lowest BCUT2D eigenvalue weighted by Crippen LogP contribution is -2.28. The Balaban J connectivity index is 2.00. The van der Waals surface area contributed by atoms with Crippen LogP contribution in [0.2, 0.25) is 0 Å². The molecule has 28 heavy (non-hydrogen) atoms. The molecular formula is C21H20N2O5. The Morgan fingerprint density at radius 1 is 0.964 bits per heavy atom. The zero-order valence-electron chi connectivity index (χ0n) is 15.5. The van der Waals surface area contributed by atoms with Crippen molar-refractivity contribution in [3.63, 3.8) is 0 Å². The standard InChI is InChI=1S/C21H20N2O5/c1-14(24)17-9-6-10-18(12-17)23-20(26)13-28-21(27)19(22-15(2)25)11-16-7-4-3-5-8-16/h3-12H,13H2,1-2H3,(H,22,25)(H,23,26)/b19-11+. The van der Waals surface area contributed by atoms with E-state index < -0.39 is 24.4 Å². The monoisotopic (exact) mass is 380 g/mol. The topological polar surface area (TPSA) is 102 Å². The van der Waals surface area contributed by atoms with Gasteiger partial charge in [-0.25, -0.2) is 4.79 Å². The predicted molar refractivity (Wildman–Crippen MR) is 104 cm³/mol. The van der Waals surface area contributed by atoms with E-state index in [4.69, 9.17) is 4.74 Å². The first-order valence-corrected chi connectivity index (χ1v) is 8.47. The maximum Gasteiger partial charge on any atom is 0.355 e. The third-order valence-corrected chi connectivity index (χ3v) is 3.53. The molecule has 0 aliphatic rings. The summed E-state index contributed by atoms with van der Waals surface area (Å²) < 4.78 is 4.99. The number of Topliss-reactive ketones (excluding diaryl/α,β-unsaturated/α-hetero) is 1.